The van der Waals surface area contributed by atoms with Gasteiger partial charge >= 0.3 is 0 Å². The largest absolute Gasteiger partial charge is 0.497 e. The number of benzene rings is 2. The van der Waals surface area contributed by atoms with Gasteiger partial charge in [0.1, 0.15) is 5.75 Å². The fraction of sp³-hybridized carbons (Fsp3) is 0.238. The second-order valence-corrected chi connectivity index (χ2v) is 6.24. The highest BCUT2D eigenvalue weighted by molar-refractivity contribution is 5.68. The molecular formula is C21H22N2O. The zero-order valence-electron chi connectivity index (χ0n) is 14.0. The summed E-state index contributed by atoms with van der Waals surface area (Å²) in [5.41, 5.74) is 6.85. The predicted molar refractivity (Wildman–Crippen MR) is 97.4 cm³/mol. The molecule has 3 nitrogen and oxygen atoms in total. The van der Waals surface area contributed by atoms with Crippen LogP contribution in [0.15, 0.2) is 60.8 Å². The van der Waals surface area contributed by atoms with Gasteiger partial charge in [0.2, 0.25) is 0 Å². The van der Waals surface area contributed by atoms with Crippen molar-refractivity contribution in [1.82, 2.24) is 9.88 Å². The minimum absolute atomic E-state index is 0.902. The van der Waals surface area contributed by atoms with Crippen molar-refractivity contribution >= 4 is 0 Å². The number of fused-ring (bicyclic) bond motifs is 1. The molecule has 122 valence electrons. The van der Waals surface area contributed by atoms with Crippen LogP contribution in [0.25, 0.3) is 11.1 Å². The number of nitrogens with one attached hydrogen (secondary N) is 1. The highest BCUT2D eigenvalue weighted by Gasteiger charge is 2.19. The van der Waals surface area contributed by atoms with Gasteiger partial charge in [0, 0.05) is 43.5 Å². The van der Waals surface area contributed by atoms with Crippen LogP contribution >= 0.6 is 0 Å². The minimum Gasteiger partial charge on any atom is -0.497 e. The first-order chi connectivity index (χ1) is 11.8. The van der Waals surface area contributed by atoms with Crippen LogP contribution in [-0.2, 0) is 19.5 Å². The molecule has 0 saturated heterocycles. The molecule has 0 bridgehead atoms. The van der Waals surface area contributed by atoms with Crippen molar-refractivity contribution in [2.45, 2.75) is 19.5 Å². The zero-order valence-corrected chi connectivity index (χ0v) is 14.0. The SMILES string of the molecule is COc1ccc(Cn2cc(-c3ccccc3)c3c2CCNC3)cc1. The van der Waals surface area contributed by atoms with E-state index < -0.39 is 0 Å². The van der Waals surface area contributed by atoms with Crippen LogP contribution in [0.4, 0.5) is 0 Å². The number of ether oxygens (including phenoxy) is 1. The van der Waals surface area contributed by atoms with Crippen LogP contribution < -0.4 is 10.1 Å². The van der Waals surface area contributed by atoms with Crippen LogP contribution in [0.2, 0.25) is 0 Å². The molecule has 4 rings (SSSR count). The fourth-order valence-corrected chi connectivity index (χ4v) is 3.49. The Morgan fingerprint density at radius 1 is 1.04 bits per heavy atom. The van der Waals surface area contributed by atoms with Crippen molar-refractivity contribution < 1.29 is 4.74 Å². The van der Waals surface area contributed by atoms with E-state index in [2.05, 4.69) is 58.5 Å². The van der Waals surface area contributed by atoms with Crippen LogP contribution in [0.1, 0.15) is 16.8 Å². The van der Waals surface area contributed by atoms with Gasteiger partial charge in [-0.1, -0.05) is 42.5 Å². The molecular weight excluding hydrogens is 296 g/mol. The van der Waals surface area contributed by atoms with Crippen LogP contribution in [0, 0.1) is 0 Å². The van der Waals surface area contributed by atoms with Gasteiger partial charge in [-0.2, -0.15) is 0 Å². The molecule has 1 aromatic heterocycles. The van der Waals surface area contributed by atoms with Gasteiger partial charge in [0.05, 0.1) is 7.11 Å². The Hall–Kier alpha value is -2.52. The van der Waals surface area contributed by atoms with Gasteiger partial charge in [-0.25, -0.2) is 0 Å². The second-order valence-electron chi connectivity index (χ2n) is 6.24. The number of methoxy groups -OCH3 is 1. The van der Waals surface area contributed by atoms with E-state index in [1.807, 2.05) is 12.1 Å². The van der Waals surface area contributed by atoms with E-state index in [1.54, 1.807) is 7.11 Å². The molecule has 24 heavy (non-hydrogen) atoms. The van der Waals surface area contributed by atoms with Crippen molar-refractivity contribution in [3.63, 3.8) is 0 Å². The normalized spacial score (nSPS) is 13.5. The van der Waals surface area contributed by atoms with Gasteiger partial charge in [-0.3, -0.25) is 0 Å². The van der Waals surface area contributed by atoms with E-state index in [9.17, 15) is 0 Å². The maximum Gasteiger partial charge on any atom is 0.118 e. The lowest BCUT2D eigenvalue weighted by Gasteiger charge is -2.17. The first-order valence-corrected chi connectivity index (χ1v) is 8.45. The van der Waals surface area contributed by atoms with Gasteiger partial charge < -0.3 is 14.6 Å². The van der Waals surface area contributed by atoms with Crippen molar-refractivity contribution in [1.29, 1.82) is 0 Å². The summed E-state index contributed by atoms with van der Waals surface area (Å²) in [5, 5.41) is 3.51. The Balaban J connectivity index is 1.71. The Bertz CT molecular complexity index is 819. The van der Waals surface area contributed by atoms with Crippen LogP contribution in [0.5, 0.6) is 5.75 Å². The number of rotatable bonds is 4. The summed E-state index contributed by atoms with van der Waals surface area (Å²) < 4.78 is 7.67. The third kappa shape index (κ3) is 2.83. The van der Waals surface area contributed by atoms with Crippen molar-refractivity contribution in [3.05, 3.63) is 77.6 Å². The first-order valence-electron chi connectivity index (χ1n) is 8.45. The van der Waals surface area contributed by atoms with E-state index >= 15 is 0 Å². The number of nitrogens with zero attached hydrogens (tertiary/aromatic N) is 1. The molecule has 0 saturated carbocycles. The average molecular weight is 318 g/mol. The zero-order chi connectivity index (χ0) is 16.4. The lowest BCUT2D eigenvalue weighted by atomic mass is 10.00. The van der Waals surface area contributed by atoms with E-state index in [-0.39, 0.29) is 0 Å². The summed E-state index contributed by atoms with van der Waals surface area (Å²) in [7, 11) is 1.70. The molecule has 1 N–H and O–H groups in total. The third-order valence-electron chi connectivity index (χ3n) is 4.74. The average Bonchev–Trinajstić information content (AvgIpc) is 3.02. The van der Waals surface area contributed by atoms with Gasteiger partial charge in [0.15, 0.2) is 0 Å². The maximum atomic E-state index is 5.26. The van der Waals surface area contributed by atoms with Crippen LogP contribution in [-0.4, -0.2) is 18.2 Å². The summed E-state index contributed by atoms with van der Waals surface area (Å²) in [4.78, 5) is 0. The molecule has 0 amide bonds. The van der Waals surface area contributed by atoms with Gasteiger partial charge in [-0.15, -0.1) is 0 Å². The summed E-state index contributed by atoms with van der Waals surface area (Å²) in [6.45, 7) is 2.90. The fourth-order valence-electron chi connectivity index (χ4n) is 3.49. The first kappa shape index (κ1) is 15.0. The molecule has 3 heteroatoms. The Labute approximate surface area is 142 Å². The predicted octanol–water partition coefficient (Wildman–Crippen LogP) is 3.86. The lowest BCUT2D eigenvalue weighted by molar-refractivity contribution is 0.414. The molecule has 0 fully saturated rings. The number of hydrogen-bond donors (Lipinski definition) is 1. The summed E-state index contributed by atoms with van der Waals surface area (Å²) >= 11 is 0. The third-order valence-corrected chi connectivity index (χ3v) is 4.74. The van der Waals surface area contributed by atoms with E-state index in [0.29, 0.717) is 0 Å². The number of aromatic nitrogens is 1. The lowest BCUT2D eigenvalue weighted by Crippen LogP contribution is -2.25. The Morgan fingerprint density at radius 3 is 2.58 bits per heavy atom. The summed E-state index contributed by atoms with van der Waals surface area (Å²) in [5.74, 6) is 0.905. The molecule has 0 unspecified atom stereocenters. The Kier molecular flexibility index (Phi) is 4.09. The molecule has 0 radical (unpaired) electrons. The standard InChI is InChI=1S/C21H22N2O/c1-24-18-9-7-16(8-10-18)14-23-15-20(17-5-3-2-4-6-17)19-13-22-12-11-21(19)23/h2-10,15,22H,11-14H2,1H3. The quantitative estimate of drug-likeness (QED) is 0.790. The van der Waals surface area contributed by atoms with Crippen molar-refractivity contribution in [3.8, 4) is 16.9 Å². The van der Waals surface area contributed by atoms with E-state index in [4.69, 9.17) is 4.74 Å². The second kappa shape index (κ2) is 6.54. The summed E-state index contributed by atoms with van der Waals surface area (Å²) in [6, 6.07) is 19.0. The molecule has 0 aliphatic carbocycles. The van der Waals surface area contributed by atoms with Gasteiger partial charge in [-0.05, 0) is 28.8 Å². The molecule has 0 spiro atoms. The molecule has 2 heterocycles. The highest BCUT2D eigenvalue weighted by Crippen LogP contribution is 2.31. The molecule has 1 aliphatic rings. The van der Waals surface area contributed by atoms with E-state index in [1.165, 1.54) is 27.9 Å². The van der Waals surface area contributed by atoms with Crippen molar-refractivity contribution in [2.24, 2.45) is 0 Å². The highest BCUT2D eigenvalue weighted by atomic mass is 16.5. The molecule has 2 aromatic carbocycles. The van der Waals surface area contributed by atoms with Crippen molar-refractivity contribution in [2.75, 3.05) is 13.7 Å². The molecule has 3 aromatic rings. The van der Waals surface area contributed by atoms with E-state index in [0.717, 1.165) is 31.8 Å². The molecule has 0 atom stereocenters. The maximum absolute atomic E-state index is 5.26. The monoisotopic (exact) mass is 318 g/mol. The Morgan fingerprint density at radius 2 is 1.83 bits per heavy atom. The van der Waals surface area contributed by atoms with Gasteiger partial charge in [0.25, 0.3) is 0 Å². The minimum atomic E-state index is 0.902. The number of hydrogen-bond acceptors (Lipinski definition) is 2. The summed E-state index contributed by atoms with van der Waals surface area (Å²) in [6.07, 6.45) is 3.40. The smallest absolute Gasteiger partial charge is 0.118 e. The molecule has 1 aliphatic heterocycles. The van der Waals surface area contributed by atoms with Crippen LogP contribution in [0.3, 0.4) is 0 Å². The topological polar surface area (TPSA) is 26.2 Å².